The van der Waals surface area contributed by atoms with Gasteiger partial charge in [-0.25, -0.2) is 14.3 Å². The molecule has 21 heavy (non-hydrogen) atoms. The second-order valence-corrected chi connectivity index (χ2v) is 5.51. The van der Waals surface area contributed by atoms with Gasteiger partial charge in [0.2, 0.25) is 5.95 Å². The van der Waals surface area contributed by atoms with Crippen LogP contribution in [0.15, 0.2) is 29.3 Å². The van der Waals surface area contributed by atoms with Crippen molar-refractivity contribution in [3.05, 3.63) is 45.6 Å². The lowest BCUT2D eigenvalue weighted by molar-refractivity contribution is 0.804. The Morgan fingerprint density at radius 1 is 1.29 bits per heavy atom. The van der Waals surface area contributed by atoms with E-state index in [0.29, 0.717) is 16.7 Å². The first-order valence-corrected chi connectivity index (χ1v) is 7.57. The third kappa shape index (κ3) is 2.65. The van der Waals surface area contributed by atoms with Crippen LogP contribution in [0.2, 0.25) is 5.02 Å². The molecule has 0 aliphatic carbocycles. The lowest BCUT2D eigenvalue weighted by Crippen LogP contribution is -2.29. The highest BCUT2D eigenvalue weighted by Crippen LogP contribution is 2.23. The third-order valence-electron chi connectivity index (χ3n) is 3.77. The van der Waals surface area contributed by atoms with Gasteiger partial charge in [-0.05, 0) is 30.9 Å². The lowest BCUT2D eigenvalue weighted by atomic mass is 10.1. The summed E-state index contributed by atoms with van der Waals surface area (Å²) < 4.78 is 1.43. The molecule has 0 saturated carbocycles. The summed E-state index contributed by atoms with van der Waals surface area (Å²) in [5, 5.41) is 0.536. The van der Waals surface area contributed by atoms with Crippen LogP contribution < -0.4 is 10.6 Å². The topological polar surface area (TPSA) is 51.0 Å². The predicted octanol–water partition coefficient (Wildman–Crippen LogP) is 2.44. The number of aromatic nitrogens is 3. The smallest absolute Gasteiger partial charge is 0.341 e. The van der Waals surface area contributed by atoms with E-state index in [0.717, 1.165) is 37.9 Å². The van der Waals surface area contributed by atoms with Crippen molar-refractivity contribution in [2.75, 3.05) is 18.0 Å². The maximum Gasteiger partial charge on any atom is 0.356 e. The Morgan fingerprint density at radius 2 is 2.05 bits per heavy atom. The Bertz CT molecular complexity index is 707. The van der Waals surface area contributed by atoms with Crippen LogP contribution in [-0.2, 0) is 6.42 Å². The van der Waals surface area contributed by atoms with Crippen LogP contribution in [0, 0.1) is 0 Å². The van der Waals surface area contributed by atoms with E-state index in [1.54, 1.807) is 6.07 Å². The van der Waals surface area contributed by atoms with Gasteiger partial charge in [0.05, 0.1) is 10.7 Å². The summed E-state index contributed by atoms with van der Waals surface area (Å²) in [5.41, 5.74) is 1.34. The molecule has 1 aromatic carbocycles. The summed E-state index contributed by atoms with van der Waals surface area (Å²) in [7, 11) is 0. The molecular weight excluding hydrogens is 288 g/mol. The van der Waals surface area contributed by atoms with Crippen molar-refractivity contribution < 1.29 is 0 Å². The zero-order chi connectivity index (χ0) is 14.8. The van der Waals surface area contributed by atoms with Gasteiger partial charge >= 0.3 is 5.69 Å². The molecule has 1 fully saturated rings. The van der Waals surface area contributed by atoms with Crippen molar-refractivity contribution in [1.82, 2.24) is 14.5 Å². The quantitative estimate of drug-likeness (QED) is 0.874. The molecule has 0 radical (unpaired) electrons. The molecule has 0 bridgehead atoms. The summed E-state index contributed by atoms with van der Waals surface area (Å²) in [6, 6.07) is 5.62. The standard InChI is InChI=1S/C15H17ClN4O/c1-2-11-6-5-7-12(16)13(11)20-10-17-14(18-15(20)21)19-8-3-4-9-19/h5-7,10H,2-4,8-9H2,1H3. The zero-order valence-corrected chi connectivity index (χ0v) is 12.7. The number of hydrogen-bond acceptors (Lipinski definition) is 4. The first-order valence-electron chi connectivity index (χ1n) is 7.19. The van der Waals surface area contributed by atoms with Crippen LogP contribution in [0.5, 0.6) is 0 Å². The van der Waals surface area contributed by atoms with Gasteiger partial charge in [0, 0.05) is 13.1 Å². The fraction of sp³-hybridized carbons (Fsp3) is 0.400. The zero-order valence-electron chi connectivity index (χ0n) is 11.9. The van der Waals surface area contributed by atoms with Crippen molar-refractivity contribution >= 4 is 17.5 Å². The second-order valence-electron chi connectivity index (χ2n) is 5.10. The Hall–Kier alpha value is -1.88. The first kappa shape index (κ1) is 14.1. The van der Waals surface area contributed by atoms with Gasteiger partial charge in [0.1, 0.15) is 6.33 Å². The van der Waals surface area contributed by atoms with Crippen LogP contribution in [0.4, 0.5) is 5.95 Å². The Balaban J connectivity index is 2.06. The van der Waals surface area contributed by atoms with Gasteiger partial charge in [-0.15, -0.1) is 0 Å². The van der Waals surface area contributed by atoms with Crippen molar-refractivity contribution in [1.29, 1.82) is 0 Å². The summed E-state index contributed by atoms with van der Waals surface area (Å²) in [5.74, 6) is 0.513. The second kappa shape index (κ2) is 5.85. The number of para-hydroxylation sites is 1. The number of halogens is 1. The molecule has 0 unspecified atom stereocenters. The molecule has 0 atom stereocenters. The molecule has 5 nitrogen and oxygen atoms in total. The van der Waals surface area contributed by atoms with E-state index in [1.807, 2.05) is 24.0 Å². The van der Waals surface area contributed by atoms with Crippen LogP contribution in [-0.4, -0.2) is 27.6 Å². The number of rotatable bonds is 3. The lowest BCUT2D eigenvalue weighted by Gasteiger charge is -2.16. The van der Waals surface area contributed by atoms with Gasteiger partial charge in [-0.1, -0.05) is 30.7 Å². The molecule has 1 aromatic heterocycles. The molecule has 2 aromatic rings. The molecule has 3 rings (SSSR count). The van der Waals surface area contributed by atoms with Gasteiger partial charge in [0.25, 0.3) is 0 Å². The molecule has 0 spiro atoms. The third-order valence-corrected chi connectivity index (χ3v) is 4.08. The molecule has 6 heteroatoms. The van der Waals surface area contributed by atoms with Gasteiger partial charge in [0.15, 0.2) is 0 Å². The highest BCUT2D eigenvalue weighted by Gasteiger charge is 2.17. The van der Waals surface area contributed by atoms with Crippen molar-refractivity contribution in [2.24, 2.45) is 0 Å². The summed E-state index contributed by atoms with van der Waals surface area (Å²) in [6.07, 6.45) is 4.56. The highest BCUT2D eigenvalue weighted by molar-refractivity contribution is 6.32. The number of benzene rings is 1. The Kier molecular flexibility index (Phi) is 3.92. The number of aryl methyl sites for hydroxylation is 1. The largest absolute Gasteiger partial charge is 0.356 e. The maximum absolute atomic E-state index is 12.3. The van der Waals surface area contributed by atoms with Crippen molar-refractivity contribution in [2.45, 2.75) is 26.2 Å². The Labute approximate surface area is 128 Å². The van der Waals surface area contributed by atoms with E-state index in [1.165, 1.54) is 10.9 Å². The Morgan fingerprint density at radius 3 is 2.71 bits per heavy atom. The minimum Gasteiger partial charge on any atom is -0.341 e. The van der Waals surface area contributed by atoms with Crippen LogP contribution in [0.3, 0.4) is 0 Å². The number of hydrogen-bond donors (Lipinski definition) is 0. The molecular formula is C15H17ClN4O. The fourth-order valence-corrected chi connectivity index (χ4v) is 2.95. The molecule has 2 heterocycles. The average molecular weight is 305 g/mol. The van der Waals surface area contributed by atoms with E-state index in [2.05, 4.69) is 9.97 Å². The minimum atomic E-state index is -0.338. The highest BCUT2D eigenvalue weighted by atomic mass is 35.5. The van der Waals surface area contributed by atoms with E-state index >= 15 is 0 Å². The predicted molar refractivity (Wildman–Crippen MR) is 83.5 cm³/mol. The van der Waals surface area contributed by atoms with Crippen LogP contribution in [0.25, 0.3) is 5.69 Å². The fourth-order valence-electron chi connectivity index (χ4n) is 2.66. The SMILES string of the molecule is CCc1cccc(Cl)c1-n1cnc(N2CCCC2)nc1=O. The van der Waals surface area contributed by atoms with E-state index in [4.69, 9.17) is 11.6 Å². The van der Waals surface area contributed by atoms with Gasteiger partial charge in [-0.3, -0.25) is 0 Å². The van der Waals surface area contributed by atoms with Gasteiger partial charge < -0.3 is 4.90 Å². The van der Waals surface area contributed by atoms with E-state index < -0.39 is 0 Å². The molecule has 0 N–H and O–H groups in total. The van der Waals surface area contributed by atoms with E-state index in [9.17, 15) is 4.79 Å². The van der Waals surface area contributed by atoms with E-state index in [-0.39, 0.29) is 5.69 Å². The molecule has 110 valence electrons. The van der Waals surface area contributed by atoms with Crippen molar-refractivity contribution in [3.8, 4) is 5.69 Å². The summed E-state index contributed by atoms with van der Waals surface area (Å²) in [4.78, 5) is 22.8. The molecule has 0 amide bonds. The van der Waals surface area contributed by atoms with Crippen LogP contribution in [0.1, 0.15) is 25.3 Å². The van der Waals surface area contributed by atoms with Crippen molar-refractivity contribution in [3.63, 3.8) is 0 Å². The molecule has 1 aliphatic rings. The molecule has 1 aliphatic heterocycles. The van der Waals surface area contributed by atoms with Crippen LogP contribution >= 0.6 is 11.6 Å². The number of anilines is 1. The summed E-state index contributed by atoms with van der Waals surface area (Å²) in [6.45, 7) is 3.85. The normalized spacial score (nSPS) is 14.7. The average Bonchev–Trinajstić information content (AvgIpc) is 3.01. The molecule has 1 saturated heterocycles. The number of nitrogens with zero attached hydrogens (tertiary/aromatic N) is 4. The summed E-state index contributed by atoms with van der Waals surface area (Å²) >= 11 is 6.26. The first-order chi connectivity index (χ1) is 10.2. The maximum atomic E-state index is 12.3. The van der Waals surface area contributed by atoms with Gasteiger partial charge in [-0.2, -0.15) is 4.98 Å². The monoisotopic (exact) mass is 304 g/mol. The minimum absolute atomic E-state index is 0.338.